The highest BCUT2D eigenvalue weighted by atomic mass is 19.1. The number of fused-ring (bicyclic) bond motifs is 1. The van der Waals surface area contributed by atoms with E-state index in [1.807, 2.05) is 0 Å². The van der Waals surface area contributed by atoms with E-state index in [-0.39, 0.29) is 30.4 Å². The number of halogens is 1. The Hall–Kier alpha value is -3.22. The van der Waals surface area contributed by atoms with Crippen molar-refractivity contribution >= 4 is 16.8 Å². The molecular weight excluding hydrogens is 337 g/mol. The first-order valence-electron chi connectivity index (χ1n) is 8.11. The molecular formula is C19H18FN3O3. The van der Waals surface area contributed by atoms with Crippen LogP contribution in [0.2, 0.25) is 0 Å². The van der Waals surface area contributed by atoms with Crippen LogP contribution in [0.3, 0.4) is 0 Å². The van der Waals surface area contributed by atoms with Crippen molar-refractivity contribution < 1.29 is 13.9 Å². The fourth-order valence-corrected chi connectivity index (χ4v) is 2.44. The zero-order valence-corrected chi connectivity index (χ0v) is 14.3. The highest BCUT2D eigenvalue weighted by Gasteiger charge is 2.12. The van der Waals surface area contributed by atoms with Crippen LogP contribution in [0.15, 0.2) is 59.7 Å². The predicted octanol–water partition coefficient (Wildman–Crippen LogP) is 2.07. The van der Waals surface area contributed by atoms with E-state index in [0.717, 1.165) is 0 Å². The van der Waals surface area contributed by atoms with Gasteiger partial charge in [-0.1, -0.05) is 12.1 Å². The quantitative estimate of drug-likeness (QED) is 0.679. The predicted molar refractivity (Wildman–Crippen MR) is 95.5 cm³/mol. The van der Waals surface area contributed by atoms with Crippen LogP contribution in [-0.2, 0) is 11.3 Å². The van der Waals surface area contributed by atoms with Gasteiger partial charge in [0.25, 0.3) is 5.56 Å². The molecule has 1 amide bonds. The number of nitrogens with zero attached hydrogens (tertiary/aromatic N) is 3. The van der Waals surface area contributed by atoms with E-state index in [2.05, 4.69) is 4.98 Å². The molecule has 134 valence electrons. The molecule has 0 bridgehead atoms. The molecule has 1 aromatic heterocycles. The van der Waals surface area contributed by atoms with Crippen LogP contribution in [0.1, 0.15) is 0 Å². The summed E-state index contributed by atoms with van der Waals surface area (Å²) in [6, 6.07) is 12.7. The highest BCUT2D eigenvalue weighted by Crippen LogP contribution is 2.10. The minimum atomic E-state index is -0.334. The topological polar surface area (TPSA) is 64.4 Å². The Labute approximate surface area is 149 Å². The number of para-hydroxylation sites is 1. The Morgan fingerprint density at radius 2 is 1.92 bits per heavy atom. The summed E-state index contributed by atoms with van der Waals surface area (Å²) in [5.74, 6) is -0.0341. The second kappa shape index (κ2) is 7.77. The molecule has 0 aliphatic heterocycles. The lowest BCUT2D eigenvalue weighted by Gasteiger charge is -2.18. The summed E-state index contributed by atoms with van der Waals surface area (Å²) in [6.07, 6.45) is 1.38. The fraction of sp³-hybridized carbons (Fsp3) is 0.211. The molecule has 0 radical (unpaired) electrons. The molecule has 0 aliphatic carbocycles. The van der Waals surface area contributed by atoms with Crippen molar-refractivity contribution in [1.29, 1.82) is 0 Å². The third kappa shape index (κ3) is 4.05. The first kappa shape index (κ1) is 17.6. The van der Waals surface area contributed by atoms with Crippen molar-refractivity contribution in [3.8, 4) is 5.75 Å². The number of ether oxygens (including phenoxy) is 1. The van der Waals surface area contributed by atoms with Gasteiger partial charge in [-0.15, -0.1) is 0 Å². The van der Waals surface area contributed by atoms with Crippen LogP contribution in [0.5, 0.6) is 5.75 Å². The molecule has 2 aromatic carbocycles. The Kier molecular flexibility index (Phi) is 5.26. The van der Waals surface area contributed by atoms with Crippen LogP contribution < -0.4 is 10.3 Å². The molecule has 0 fully saturated rings. The molecule has 0 aliphatic rings. The molecule has 3 aromatic rings. The maximum Gasteiger partial charge on any atom is 0.261 e. The van der Waals surface area contributed by atoms with E-state index in [1.165, 1.54) is 40.1 Å². The standard InChI is InChI=1S/C19H18FN3O3/c1-22(10-11-26-15-8-6-14(20)7-9-15)18(24)12-23-13-21-17-5-3-2-4-16(17)19(23)25/h2-9,13H,10-12H2,1H3. The van der Waals surface area contributed by atoms with Gasteiger partial charge in [0.1, 0.15) is 24.7 Å². The van der Waals surface area contributed by atoms with E-state index in [9.17, 15) is 14.0 Å². The lowest BCUT2D eigenvalue weighted by atomic mass is 10.2. The number of hydrogen-bond donors (Lipinski definition) is 0. The second-order valence-corrected chi connectivity index (χ2v) is 5.81. The number of hydrogen-bond acceptors (Lipinski definition) is 4. The van der Waals surface area contributed by atoms with Gasteiger partial charge in [0.05, 0.1) is 23.8 Å². The van der Waals surface area contributed by atoms with Gasteiger partial charge in [-0.3, -0.25) is 14.2 Å². The number of carbonyl (C=O) groups is 1. The van der Waals surface area contributed by atoms with Gasteiger partial charge in [0, 0.05) is 7.05 Å². The Balaban J connectivity index is 1.58. The fourth-order valence-electron chi connectivity index (χ4n) is 2.44. The van der Waals surface area contributed by atoms with Crippen molar-refractivity contribution in [3.05, 3.63) is 71.0 Å². The molecule has 0 spiro atoms. The SMILES string of the molecule is CN(CCOc1ccc(F)cc1)C(=O)Cn1cnc2ccccc2c1=O. The number of likely N-dealkylation sites (N-methyl/N-ethyl adjacent to an activating group) is 1. The summed E-state index contributed by atoms with van der Waals surface area (Å²) >= 11 is 0. The zero-order chi connectivity index (χ0) is 18.5. The Morgan fingerprint density at radius 3 is 2.69 bits per heavy atom. The largest absolute Gasteiger partial charge is 0.492 e. The maximum absolute atomic E-state index is 12.8. The molecule has 0 unspecified atom stereocenters. The van der Waals surface area contributed by atoms with E-state index in [0.29, 0.717) is 23.2 Å². The second-order valence-electron chi connectivity index (χ2n) is 5.81. The van der Waals surface area contributed by atoms with Crippen molar-refractivity contribution in [2.75, 3.05) is 20.2 Å². The molecule has 7 heteroatoms. The van der Waals surface area contributed by atoms with Gasteiger partial charge in [-0.05, 0) is 36.4 Å². The summed E-state index contributed by atoms with van der Waals surface area (Å²) in [7, 11) is 1.63. The van der Waals surface area contributed by atoms with Crippen LogP contribution in [0.25, 0.3) is 10.9 Å². The summed E-state index contributed by atoms with van der Waals surface area (Å²) in [5.41, 5.74) is 0.349. The van der Waals surface area contributed by atoms with Crippen molar-refractivity contribution in [3.63, 3.8) is 0 Å². The number of benzene rings is 2. The molecule has 0 saturated heterocycles. The molecule has 1 heterocycles. The van der Waals surface area contributed by atoms with Crippen LogP contribution in [0, 0.1) is 5.82 Å². The van der Waals surface area contributed by atoms with Crippen LogP contribution >= 0.6 is 0 Å². The molecule has 3 rings (SSSR count). The number of rotatable bonds is 6. The minimum Gasteiger partial charge on any atom is -0.492 e. The van der Waals surface area contributed by atoms with Gasteiger partial charge in [-0.2, -0.15) is 0 Å². The average molecular weight is 355 g/mol. The number of aromatic nitrogens is 2. The maximum atomic E-state index is 12.8. The van der Waals surface area contributed by atoms with E-state index < -0.39 is 0 Å². The summed E-state index contributed by atoms with van der Waals surface area (Å²) in [4.78, 5) is 30.4. The number of carbonyl (C=O) groups excluding carboxylic acids is 1. The average Bonchev–Trinajstić information content (AvgIpc) is 2.65. The lowest BCUT2D eigenvalue weighted by molar-refractivity contribution is -0.130. The van der Waals surface area contributed by atoms with E-state index >= 15 is 0 Å². The summed E-state index contributed by atoms with van der Waals surface area (Å²) in [5, 5.41) is 0.477. The van der Waals surface area contributed by atoms with Gasteiger partial charge < -0.3 is 9.64 Å². The third-order valence-electron chi connectivity index (χ3n) is 3.97. The Morgan fingerprint density at radius 1 is 1.19 bits per heavy atom. The van der Waals surface area contributed by atoms with E-state index in [4.69, 9.17) is 4.74 Å². The Bertz CT molecular complexity index is 970. The smallest absolute Gasteiger partial charge is 0.261 e. The van der Waals surface area contributed by atoms with Crippen LogP contribution in [-0.4, -0.2) is 40.6 Å². The molecule has 26 heavy (non-hydrogen) atoms. The number of amides is 1. The normalized spacial score (nSPS) is 10.7. The lowest BCUT2D eigenvalue weighted by Crippen LogP contribution is -2.36. The molecule has 0 N–H and O–H groups in total. The van der Waals surface area contributed by atoms with Crippen molar-refractivity contribution in [2.45, 2.75) is 6.54 Å². The van der Waals surface area contributed by atoms with Crippen molar-refractivity contribution in [2.24, 2.45) is 0 Å². The third-order valence-corrected chi connectivity index (χ3v) is 3.97. The molecule has 0 saturated carbocycles. The summed E-state index contributed by atoms with van der Waals surface area (Å²) in [6.45, 7) is 0.508. The monoisotopic (exact) mass is 355 g/mol. The minimum absolute atomic E-state index is 0.0935. The summed E-state index contributed by atoms with van der Waals surface area (Å²) < 4.78 is 19.6. The highest BCUT2D eigenvalue weighted by molar-refractivity contribution is 5.78. The van der Waals surface area contributed by atoms with Crippen molar-refractivity contribution in [1.82, 2.24) is 14.5 Å². The van der Waals surface area contributed by atoms with E-state index in [1.54, 1.807) is 31.3 Å². The van der Waals surface area contributed by atoms with Gasteiger partial charge in [-0.25, -0.2) is 9.37 Å². The first-order chi connectivity index (χ1) is 12.5. The van der Waals surface area contributed by atoms with Gasteiger partial charge in [0.2, 0.25) is 5.91 Å². The zero-order valence-electron chi connectivity index (χ0n) is 14.3. The van der Waals surface area contributed by atoms with Gasteiger partial charge >= 0.3 is 0 Å². The van der Waals surface area contributed by atoms with Crippen LogP contribution in [0.4, 0.5) is 4.39 Å². The van der Waals surface area contributed by atoms with Gasteiger partial charge in [0.15, 0.2) is 0 Å². The first-order valence-corrected chi connectivity index (χ1v) is 8.11. The molecule has 0 atom stereocenters. The molecule has 6 nitrogen and oxygen atoms in total.